The van der Waals surface area contributed by atoms with Crippen molar-refractivity contribution in [2.75, 3.05) is 20.3 Å². The molecule has 1 saturated heterocycles. The average Bonchev–Trinajstić information content (AvgIpc) is 2.97. The lowest BCUT2D eigenvalue weighted by atomic mass is 10.2. The van der Waals surface area contributed by atoms with E-state index in [1.54, 1.807) is 12.0 Å². The van der Waals surface area contributed by atoms with Gasteiger partial charge in [0.1, 0.15) is 0 Å². The van der Waals surface area contributed by atoms with Crippen molar-refractivity contribution in [2.45, 2.75) is 25.4 Å². The number of nitrogens with zero attached hydrogens (tertiary/aromatic N) is 3. The second-order valence-corrected chi connectivity index (χ2v) is 4.21. The lowest BCUT2D eigenvalue weighted by molar-refractivity contribution is 0.0535. The topological polar surface area (TPSA) is 47.4 Å². The molecule has 0 spiro atoms. The van der Waals surface area contributed by atoms with Crippen molar-refractivity contribution in [3.63, 3.8) is 0 Å². The molecule has 0 radical (unpaired) electrons. The predicted octanol–water partition coefficient (Wildman–Crippen LogP) is 1.53. The SMILES string of the molecule is COC[C@@H]1CCCN1C(=O)c1ccn(C(F)F)n1. The zero-order valence-electron chi connectivity index (χ0n) is 10.1. The minimum Gasteiger partial charge on any atom is -0.383 e. The quantitative estimate of drug-likeness (QED) is 0.823. The van der Waals surface area contributed by atoms with Crippen LogP contribution in [0, 0.1) is 0 Å². The second-order valence-electron chi connectivity index (χ2n) is 4.21. The van der Waals surface area contributed by atoms with Crippen LogP contribution in [0.2, 0.25) is 0 Å². The first-order chi connectivity index (χ1) is 8.63. The Labute approximate surface area is 103 Å². The molecule has 5 nitrogen and oxygen atoms in total. The van der Waals surface area contributed by atoms with Crippen LogP contribution >= 0.6 is 0 Å². The Bertz CT molecular complexity index is 422. The molecule has 7 heteroatoms. The molecule has 0 unspecified atom stereocenters. The highest BCUT2D eigenvalue weighted by Gasteiger charge is 2.30. The van der Waals surface area contributed by atoms with Crippen LogP contribution in [0.5, 0.6) is 0 Å². The van der Waals surface area contributed by atoms with Crippen molar-refractivity contribution in [1.82, 2.24) is 14.7 Å². The second kappa shape index (κ2) is 5.43. The van der Waals surface area contributed by atoms with Crippen molar-refractivity contribution in [2.24, 2.45) is 0 Å². The largest absolute Gasteiger partial charge is 0.383 e. The van der Waals surface area contributed by atoms with Gasteiger partial charge in [-0.2, -0.15) is 13.9 Å². The van der Waals surface area contributed by atoms with E-state index in [-0.39, 0.29) is 17.6 Å². The van der Waals surface area contributed by atoms with E-state index >= 15 is 0 Å². The highest BCUT2D eigenvalue weighted by Crippen LogP contribution is 2.20. The molecule has 0 saturated carbocycles. The maximum atomic E-state index is 12.4. The third-order valence-corrected chi connectivity index (χ3v) is 3.02. The van der Waals surface area contributed by atoms with Crippen LogP contribution in [0.15, 0.2) is 12.3 Å². The lowest BCUT2D eigenvalue weighted by Crippen LogP contribution is -2.38. The molecule has 2 rings (SSSR count). The van der Waals surface area contributed by atoms with Crippen molar-refractivity contribution in [3.8, 4) is 0 Å². The van der Waals surface area contributed by atoms with Gasteiger partial charge in [-0.15, -0.1) is 0 Å². The van der Waals surface area contributed by atoms with Gasteiger partial charge >= 0.3 is 6.55 Å². The molecule has 0 aliphatic carbocycles. The Balaban J connectivity index is 2.09. The van der Waals surface area contributed by atoms with Crippen LogP contribution in [-0.4, -0.2) is 46.9 Å². The number of amides is 1. The number of methoxy groups -OCH3 is 1. The fourth-order valence-corrected chi connectivity index (χ4v) is 2.18. The molecular formula is C11H15F2N3O2. The summed E-state index contributed by atoms with van der Waals surface area (Å²) >= 11 is 0. The van der Waals surface area contributed by atoms with Crippen LogP contribution in [0.1, 0.15) is 29.9 Å². The normalized spacial score (nSPS) is 19.8. The van der Waals surface area contributed by atoms with E-state index < -0.39 is 6.55 Å². The maximum Gasteiger partial charge on any atom is 0.333 e. The summed E-state index contributed by atoms with van der Waals surface area (Å²) in [7, 11) is 1.58. The molecule has 1 aliphatic heterocycles. The summed E-state index contributed by atoms with van der Waals surface area (Å²) < 4.78 is 30.3. The van der Waals surface area contributed by atoms with Crippen molar-refractivity contribution < 1.29 is 18.3 Å². The van der Waals surface area contributed by atoms with E-state index in [1.807, 2.05) is 0 Å². The number of hydrogen-bond donors (Lipinski definition) is 0. The smallest absolute Gasteiger partial charge is 0.333 e. The van der Waals surface area contributed by atoms with E-state index in [9.17, 15) is 13.6 Å². The van der Waals surface area contributed by atoms with Gasteiger partial charge in [-0.1, -0.05) is 0 Å². The fourth-order valence-electron chi connectivity index (χ4n) is 2.18. The van der Waals surface area contributed by atoms with E-state index in [0.29, 0.717) is 17.8 Å². The molecule has 0 aromatic carbocycles. The number of halogens is 2. The first-order valence-electron chi connectivity index (χ1n) is 5.76. The van der Waals surface area contributed by atoms with Gasteiger partial charge in [-0.25, -0.2) is 4.68 Å². The summed E-state index contributed by atoms with van der Waals surface area (Å²) in [6.07, 6.45) is 2.88. The Kier molecular flexibility index (Phi) is 3.90. The molecule has 0 bridgehead atoms. The minimum absolute atomic E-state index is 0.0131. The van der Waals surface area contributed by atoms with Gasteiger partial charge in [0.2, 0.25) is 0 Å². The summed E-state index contributed by atoms with van der Waals surface area (Å²) in [4.78, 5) is 13.8. The highest BCUT2D eigenvalue weighted by atomic mass is 19.3. The molecule has 1 atom stereocenters. The Hall–Kier alpha value is -1.50. The first kappa shape index (κ1) is 12.9. The van der Waals surface area contributed by atoms with E-state index in [1.165, 1.54) is 6.07 Å². The molecule has 1 amide bonds. The standard InChI is InChI=1S/C11H15F2N3O2/c1-18-7-8-3-2-5-15(8)10(17)9-4-6-16(14-9)11(12)13/h4,6,8,11H,2-3,5,7H2,1H3/t8-/m0/s1. The van der Waals surface area contributed by atoms with Gasteiger partial charge in [0.25, 0.3) is 5.91 Å². The van der Waals surface area contributed by atoms with Crippen LogP contribution in [-0.2, 0) is 4.74 Å². The fraction of sp³-hybridized carbons (Fsp3) is 0.636. The summed E-state index contributed by atoms with van der Waals surface area (Å²) in [5, 5.41) is 3.58. The van der Waals surface area contributed by atoms with Gasteiger partial charge in [0, 0.05) is 19.9 Å². The molecule has 0 N–H and O–H groups in total. The molecule has 100 valence electrons. The van der Waals surface area contributed by atoms with Gasteiger partial charge in [0.05, 0.1) is 12.6 Å². The van der Waals surface area contributed by atoms with Gasteiger partial charge in [-0.05, 0) is 18.9 Å². The molecule has 18 heavy (non-hydrogen) atoms. The number of likely N-dealkylation sites (tertiary alicyclic amines) is 1. The summed E-state index contributed by atoms with van der Waals surface area (Å²) in [6.45, 7) is -1.64. The Morgan fingerprint density at radius 2 is 2.44 bits per heavy atom. The lowest BCUT2D eigenvalue weighted by Gasteiger charge is -2.23. The number of ether oxygens (including phenoxy) is 1. The Morgan fingerprint density at radius 3 is 3.06 bits per heavy atom. The minimum atomic E-state index is -2.72. The van der Waals surface area contributed by atoms with E-state index in [4.69, 9.17) is 4.74 Å². The zero-order chi connectivity index (χ0) is 13.1. The van der Waals surface area contributed by atoms with E-state index in [0.717, 1.165) is 19.0 Å². The number of hydrogen-bond acceptors (Lipinski definition) is 3. The molecule has 1 aromatic heterocycles. The van der Waals surface area contributed by atoms with Gasteiger partial charge < -0.3 is 9.64 Å². The summed E-state index contributed by atoms with van der Waals surface area (Å²) in [5.74, 6) is -0.311. The number of carbonyl (C=O) groups excluding carboxylic acids is 1. The number of aromatic nitrogens is 2. The monoisotopic (exact) mass is 259 g/mol. The van der Waals surface area contributed by atoms with Crippen LogP contribution in [0.3, 0.4) is 0 Å². The van der Waals surface area contributed by atoms with E-state index in [2.05, 4.69) is 5.10 Å². The Morgan fingerprint density at radius 1 is 1.67 bits per heavy atom. The van der Waals surface area contributed by atoms with Crippen LogP contribution in [0.25, 0.3) is 0 Å². The average molecular weight is 259 g/mol. The highest BCUT2D eigenvalue weighted by molar-refractivity contribution is 5.92. The summed E-state index contributed by atoms with van der Waals surface area (Å²) in [6, 6.07) is 1.33. The molecular weight excluding hydrogens is 244 g/mol. The van der Waals surface area contributed by atoms with Gasteiger partial charge in [-0.3, -0.25) is 4.79 Å². The van der Waals surface area contributed by atoms with Crippen LogP contribution < -0.4 is 0 Å². The molecule has 1 aliphatic rings. The molecule has 1 aromatic rings. The number of alkyl halides is 2. The third-order valence-electron chi connectivity index (χ3n) is 3.02. The first-order valence-corrected chi connectivity index (χ1v) is 5.76. The van der Waals surface area contributed by atoms with Crippen molar-refractivity contribution in [1.29, 1.82) is 0 Å². The number of carbonyl (C=O) groups is 1. The zero-order valence-corrected chi connectivity index (χ0v) is 10.1. The molecule has 1 fully saturated rings. The van der Waals surface area contributed by atoms with Crippen molar-refractivity contribution >= 4 is 5.91 Å². The van der Waals surface area contributed by atoms with Crippen LogP contribution in [0.4, 0.5) is 8.78 Å². The third kappa shape index (κ3) is 2.50. The molecule has 2 heterocycles. The van der Waals surface area contributed by atoms with Gasteiger partial charge in [0.15, 0.2) is 5.69 Å². The summed E-state index contributed by atoms with van der Waals surface area (Å²) in [5.41, 5.74) is 0.0540. The number of rotatable bonds is 4. The predicted molar refractivity (Wildman–Crippen MR) is 59.4 cm³/mol. The maximum absolute atomic E-state index is 12.4. The van der Waals surface area contributed by atoms with Crippen molar-refractivity contribution in [3.05, 3.63) is 18.0 Å².